The Balaban J connectivity index is 2.16. The van der Waals surface area contributed by atoms with Gasteiger partial charge in [-0.25, -0.2) is 4.98 Å². The van der Waals surface area contributed by atoms with Crippen molar-refractivity contribution in [3.05, 3.63) is 50.6 Å². The molecule has 0 atom stereocenters. The monoisotopic (exact) mass is 296 g/mol. The zero-order valence-corrected chi connectivity index (χ0v) is 11.0. The maximum Gasteiger partial charge on any atom is 0.300 e. The molecule has 0 spiro atoms. The lowest BCUT2D eigenvalue weighted by molar-refractivity contribution is -0.385. The summed E-state index contributed by atoms with van der Waals surface area (Å²) in [6.45, 7) is 1.80. The summed E-state index contributed by atoms with van der Waals surface area (Å²) >= 11 is 5.64. The van der Waals surface area contributed by atoms with Crippen molar-refractivity contribution in [1.29, 1.82) is 0 Å². The highest BCUT2D eigenvalue weighted by Gasteiger charge is 2.21. The summed E-state index contributed by atoms with van der Waals surface area (Å²) in [5.41, 5.74) is 0.0964. The van der Waals surface area contributed by atoms with Crippen LogP contribution in [0.4, 0.5) is 5.69 Å². The highest BCUT2D eigenvalue weighted by Crippen LogP contribution is 2.20. The number of aryl methyl sites for hydroxylation is 1. The molecule has 0 aliphatic rings. The number of hydrogen-bond acceptors (Lipinski definition) is 6. The van der Waals surface area contributed by atoms with E-state index >= 15 is 0 Å². The van der Waals surface area contributed by atoms with Crippen LogP contribution in [-0.2, 0) is 6.54 Å². The van der Waals surface area contributed by atoms with Gasteiger partial charge in [0.15, 0.2) is 5.76 Å². The number of carbonyl (C=O) groups is 1. The Morgan fingerprint density at radius 1 is 1.55 bits per heavy atom. The normalized spacial score (nSPS) is 10.3. The largest absolute Gasteiger partial charge is 0.359 e. The van der Waals surface area contributed by atoms with Gasteiger partial charge in [0, 0.05) is 6.07 Å². The van der Waals surface area contributed by atoms with Crippen LogP contribution in [0.1, 0.15) is 21.8 Å². The van der Waals surface area contributed by atoms with Gasteiger partial charge in [-0.2, -0.15) is 0 Å². The Morgan fingerprint density at radius 3 is 2.90 bits per heavy atom. The first-order valence-electron chi connectivity index (χ1n) is 5.47. The molecule has 0 unspecified atom stereocenters. The van der Waals surface area contributed by atoms with E-state index in [1.807, 2.05) is 0 Å². The average Bonchev–Trinajstić information content (AvgIpc) is 2.81. The number of nitro groups is 1. The molecule has 2 rings (SSSR count). The smallest absolute Gasteiger partial charge is 0.300 e. The molecule has 0 saturated carbocycles. The quantitative estimate of drug-likeness (QED) is 0.523. The van der Waals surface area contributed by atoms with Crippen LogP contribution >= 0.6 is 11.6 Å². The van der Waals surface area contributed by atoms with Crippen LogP contribution in [0.5, 0.6) is 0 Å². The number of carbonyl (C=O) groups excluding carboxylic acids is 1. The lowest BCUT2D eigenvalue weighted by Crippen LogP contribution is -2.23. The summed E-state index contributed by atoms with van der Waals surface area (Å²) in [6, 6.07) is 2.79. The van der Waals surface area contributed by atoms with Crippen molar-refractivity contribution in [3.8, 4) is 0 Å². The van der Waals surface area contributed by atoms with Crippen LogP contribution in [0, 0.1) is 17.0 Å². The van der Waals surface area contributed by atoms with Crippen LogP contribution in [0.2, 0.25) is 5.15 Å². The second kappa shape index (κ2) is 5.66. The molecule has 20 heavy (non-hydrogen) atoms. The molecule has 0 aliphatic carbocycles. The second-order valence-corrected chi connectivity index (χ2v) is 4.29. The standard InChI is InChI=1S/C11H9ClN4O4/c1-6-2-7(20-15-6)4-14-11(17)8-3-10(12)13-5-9(8)16(18)19/h2-3,5H,4H2,1H3,(H,14,17). The number of aromatic nitrogens is 2. The van der Waals surface area contributed by atoms with Crippen LogP contribution < -0.4 is 5.32 Å². The average molecular weight is 297 g/mol. The molecule has 1 amide bonds. The van der Waals surface area contributed by atoms with Crippen molar-refractivity contribution < 1.29 is 14.2 Å². The Morgan fingerprint density at radius 2 is 2.30 bits per heavy atom. The zero-order chi connectivity index (χ0) is 14.7. The Hall–Kier alpha value is -2.48. The van der Waals surface area contributed by atoms with E-state index in [9.17, 15) is 14.9 Å². The van der Waals surface area contributed by atoms with Crippen molar-refractivity contribution >= 4 is 23.2 Å². The SMILES string of the molecule is Cc1cc(CNC(=O)c2cc(Cl)ncc2[N+](=O)[O-])on1. The maximum absolute atomic E-state index is 11.9. The molecule has 1 N–H and O–H groups in total. The highest BCUT2D eigenvalue weighted by molar-refractivity contribution is 6.29. The molecule has 0 bridgehead atoms. The van der Waals surface area contributed by atoms with Gasteiger partial charge in [-0.3, -0.25) is 14.9 Å². The van der Waals surface area contributed by atoms with Crippen molar-refractivity contribution in [2.75, 3.05) is 0 Å². The number of rotatable bonds is 4. The summed E-state index contributed by atoms with van der Waals surface area (Å²) in [5, 5.41) is 17.0. The van der Waals surface area contributed by atoms with E-state index in [4.69, 9.17) is 16.1 Å². The predicted octanol–water partition coefficient (Wildman–Crippen LogP) is 1.87. The zero-order valence-electron chi connectivity index (χ0n) is 10.3. The Labute approximate surface area is 117 Å². The summed E-state index contributed by atoms with van der Waals surface area (Å²) < 4.78 is 4.91. The molecule has 2 heterocycles. The van der Waals surface area contributed by atoms with Crippen LogP contribution in [0.3, 0.4) is 0 Å². The molecule has 2 aromatic rings. The summed E-state index contributed by atoms with van der Waals surface area (Å²) in [6.07, 6.45) is 0.940. The van der Waals surface area contributed by atoms with Crippen LogP contribution in [0.15, 0.2) is 22.9 Å². The molecule has 0 radical (unpaired) electrons. The van der Waals surface area contributed by atoms with Gasteiger partial charge in [-0.15, -0.1) is 0 Å². The van der Waals surface area contributed by atoms with Gasteiger partial charge < -0.3 is 9.84 Å². The van der Waals surface area contributed by atoms with E-state index in [1.54, 1.807) is 13.0 Å². The number of pyridine rings is 1. The minimum Gasteiger partial charge on any atom is -0.359 e. The minimum absolute atomic E-state index is 0.00346. The topological polar surface area (TPSA) is 111 Å². The number of nitrogens with zero attached hydrogens (tertiary/aromatic N) is 3. The molecule has 0 aliphatic heterocycles. The minimum atomic E-state index is -0.698. The van der Waals surface area contributed by atoms with Crippen molar-refractivity contribution in [2.24, 2.45) is 0 Å². The Bertz CT molecular complexity index is 670. The lowest BCUT2D eigenvalue weighted by atomic mass is 10.2. The Kier molecular flexibility index (Phi) is 3.94. The first-order chi connectivity index (χ1) is 9.47. The predicted molar refractivity (Wildman–Crippen MR) is 68.3 cm³/mol. The molecular weight excluding hydrogens is 288 g/mol. The van der Waals surface area contributed by atoms with E-state index in [0.717, 1.165) is 12.3 Å². The molecule has 8 nitrogen and oxygen atoms in total. The van der Waals surface area contributed by atoms with Gasteiger partial charge in [0.2, 0.25) is 0 Å². The first kappa shape index (κ1) is 13.9. The molecule has 9 heteroatoms. The van der Waals surface area contributed by atoms with Gasteiger partial charge >= 0.3 is 0 Å². The third-order valence-corrected chi connectivity index (χ3v) is 2.60. The highest BCUT2D eigenvalue weighted by atomic mass is 35.5. The summed E-state index contributed by atoms with van der Waals surface area (Å²) in [4.78, 5) is 25.6. The van der Waals surface area contributed by atoms with Crippen molar-refractivity contribution in [2.45, 2.75) is 13.5 Å². The van der Waals surface area contributed by atoms with Gasteiger partial charge in [0.05, 0.1) is 17.2 Å². The van der Waals surface area contributed by atoms with E-state index < -0.39 is 16.5 Å². The van der Waals surface area contributed by atoms with Crippen molar-refractivity contribution in [1.82, 2.24) is 15.5 Å². The number of nitrogens with one attached hydrogen (secondary N) is 1. The van der Waals surface area contributed by atoms with Crippen LogP contribution in [-0.4, -0.2) is 21.0 Å². The van der Waals surface area contributed by atoms with Gasteiger partial charge in [-0.05, 0) is 13.0 Å². The van der Waals surface area contributed by atoms with Gasteiger partial charge in [0.1, 0.15) is 16.9 Å². The number of halogens is 1. The van der Waals surface area contributed by atoms with Gasteiger partial charge in [-0.1, -0.05) is 16.8 Å². The van der Waals surface area contributed by atoms with Crippen molar-refractivity contribution in [3.63, 3.8) is 0 Å². The molecule has 104 valence electrons. The summed E-state index contributed by atoms with van der Waals surface area (Å²) in [5.74, 6) is -0.200. The number of hydrogen-bond donors (Lipinski definition) is 1. The van der Waals surface area contributed by atoms with E-state index in [2.05, 4.69) is 15.5 Å². The first-order valence-corrected chi connectivity index (χ1v) is 5.85. The van der Waals surface area contributed by atoms with E-state index in [1.165, 1.54) is 0 Å². The fourth-order valence-electron chi connectivity index (χ4n) is 1.51. The summed E-state index contributed by atoms with van der Waals surface area (Å²) in [7, 11) is 0. The molecule has 0 aromatic carbocycles. The lowest BCUT2D eigenvalue weighted by Gasteiger charge is -2.04. The molecular formula is C11H9ClN4O4. The van der Waals surface area contributed by atoms with E-state index in [0.29, 0.717) is 11.5 Å². The second-order valence-electron chi connectivity index (χ2n) is 3.90. The maximum atomic E-state index is 11.9. The van der Waals surface area contributed by atoms with E-state index in [-0.39, 0.29) is 17.3 Å². The fourth-order valence-corrected chi connectivity index (χ4v) is 1.67. The third-order valence-electron chi connectivity index (χ3n) is 2.39. The third kappa shape index (κ3) is 3.09. The molecule has 2 aromatic heterocycles. The fraction of sp³-hybridized carbons (Fsp3) is 0.182. The van der Waals surface area contributed by atoms with Gasteiger partial charge in [0.25, 0.3) is 11.6 Å². The molecule has 0 fully saturated rings. The van der Waals surface area contributed by atoms with Crippen LogP contribution in [0.25, 0.3) is 0 Å². The number of amides is 1. The molecule has 0 saturated heterocycles.